The lowest BCUT2D eigenvalue weighted by atomic mass is 9.83. The van der Waals surface area contributed by atoms with E-state index in [1.165, 1.54) is 10.5 Å². The zero-order chi connectivity index (χ0) is 30.8. The highest BCUT2D eigenvalue weighted by atomic mass is 16.2. The van der Waals surface area contributed by atoms with Crippen LogP contribution in [0.1, 0.15) is 55.7 Å². The highest BCUT2D eigenvalue weighted by Gasteiger charge is 2.36. The summed E-state index contributed by atoms with van der Waals surface area (Å²) in [5, 5.41) is 8.60. The molecule has 230 valence electrons. The van der Waals surface area contributed by atoms with Crippen LogP contribution in [-0.4, -0.2) is 71.7 Å². The molecule has 1 aliphatic carbocycles. The molecule has 2 aliphatic rings. The second-order valence-corrected chi connectivity index (χ2v) is 11.7. The number of carbonyl (C=O) groups is 4. The van der Waals surface area contributed by atoms with Gasteiger partial charge in [0.2, 0.25) is 23.6 Å². The van der Waals surface area contributed by atoms with Crippen LogP contribution in [0.3, 0.4) is 0 Å². The SMILES string of the molecule is CN[C@@H](C)C(=O)N[C@H](C(=O)NCC(=O)N1C=CN(CCc2ccc(C)cc2)C(=O)[C@@H]1Cc1ccccc1)C1CCCCC1. The lowest BCUT2D eigenvalue weighted by Gasteiger charge is -2.36. The molecular weight excluding hydrogens is 542 g/mol. The first-order valence-corrected chi connectivity index (χ1v) is 15.4. The predicted octanol–water partition coefficient (Wildman–Crippen LogP) is 3.08. The number of aryl methyl sites for hydroxylation is 1. The Balaban J connectivity index is 1.45. The highest BCUT2D eigenvalue weighted by Crippen LogP contribution is 2.27. The van der Waals surface area contributed by atoms with Crippen LogP contribution in [0.4, 0.5) is 0 Å². The molecule has 3 atom stereocenters. The summed E-state index contributed by atoms with van der Waals surface area (Å²) in [6, 6.07) is 16.0. The summed E-state index contributed by atoms with van der Waals surface area (Å²) in [6.07, 6.45) is 9.18. The van der Waals surface area contributed by atoms with Crippen molar-refractivity contribution in [2.24, 2.45) is 5.92 Å². The van der Waals surface area contributed by atoms with Crippen molar-refractivity contribution in [3.63, 3.8) is 0 Å². The van der Waals surface area contributed by atoms with Gasteiger partial charge in [-0.3, -0.25) is 19.2 Å². The lowest BCUT2D eigenvalue weighted by Crippen LogP contribution is -2.57. The van der Waals surface area contributed by atoms with Crippen molar-refractivity contribution in [3.05, 3.63) is 83.7 Å². The zero-order valence-corrected chi connectivity index (χ0v) is 25.6. The predicted molar refractivity (Wildman–Crippen MR) is 167 cm³/mol. The van der Waals surface area contributed by atoms with Crippen LogP contribution in [0, 0.1) is 12.8 Å². The van der Waals surface area contributed by atoms with E-state index in [1.807, 2.05) is 37.3 Å². The van der Waals surface area contributed by atoms with E-state index in [0.717, 1.165) is 43.2 Å². The first kappa shape index (κ1) is 31.9. The first-order chi connectivity index (χ1) is 20.8. The topological polar surface area (TPSA) is 111 Å². The van der Waals surface area contributed by atoms with Crippen molar-refractivity contribution in [2.45, 2.75) is 76.9 Å². The molecule has 0 bridgehead atoms. The Morgan fingerprint density at radius 2 is 1.60 bits per heavy atom. The number of rotatable bonds is 12. The molecule has 4 amide bonds. The van der Waals surface area contributed by atoms with E-state index in [4.69, 9.17) is 0 Å². The van der Waals surface area contributed by atoms with E-state index in [2.05, 4.69) is 40.2 Å². The Labute approximate surface area is 255 Å². The fourth-order valence-corrected chi connectivity index (χ4v) is 5.75. The van der Waals surface area contributed by atoms with Gasteiger partial charge in [0.15, 0.2) is 0 Å². The molecule has 2 aromatic rings. The lowest BCUT2D eigenvalue weighted by molar-refractivity contribution is -0.143. The molecule has 1 aliphatic heterocycles. The number of amides is 4. The van der Waals surface area contributed by atoms with E-state index in [-0.39, 0.29) is 36.1 Å². The Bertz CT molecular complexity index is 1270. The Hall–Kier alpha value is -3.98. The van der Waals surface area contributed by atoms with E-state index >= 15 is 0 Å². The smallest absolute Gasteiger partial charge is 0.250 e. The van der Waals surface area contributed by atoms with Crippen LogP contribution in [0.5, 0.6) is 0 Å². The quantitative estimate of drug-likeness (QED) is 0.354. The van der Waals surface area contributed by atoms with Crippen molar-refractivity contribution in [2.75, 3.05) is 20.1 Å². The van der Waals surface area contributed by atoms with Crippen molar-refractivity contribution >= 4 is 23.6 Å². The minimum Gasteiger partial charge on any atom is -0.345 e. The molecule has 0 unspecified atom stereocenters. The van der Waals surface area contributed by atoms with Gasteiger partial charge < -0.3 is 25.8 Å². The number of hydrogen-bond acceptors (Lipinski definition) is 5. The molecule has 0 saturated heterocycles. The molecule has 0 spiro atoms. The third kappa shape index (κ3) is 8.76. The fourth-order valence-electron chi connectivity index (χ4n) is 5.75. The van der Waals surface area contributed by atoms with E-state index in [0.29, 0.717) is 19.4 Å². The molecule has 1 heterocycles. The second kappa shape index (κ2) is 15.5. The number of carbonyl (C=O) groups excluding carboxylic acids is 4. The molecule has 3 N–H and O–H groups in total. The summed E-state index contributed by atoms with van der Waals surface area (Å²) < 4.78 is 0. The maximum Gasteiger partial charge on any atom is 0.250 e. The van der Waals surface area contributed by atoms with E-state index in [9.17, 15) is 19.2 Å². The summed E-state index contributed by atoms with van der Waals surface area (Å²) in [5.41, 5.74) is 3.26. The number of benzene rings is 2. The number of nitrogens with one attached hydrogen (secondary N) is 3. The maximum atomic E-state index is 13.7. The summed E-state index contributed by atoms with van der Waals surface area (Å²) in [6.45, 7) is 4.01. The molecule has 4 rings (SSSR count). The number of hydrogen-bond donors (Lipinski definition) is 3. The molecular formula is C34H45N5O4. The fraction of sp³-hybridized carbons (Fsp3) is 0.471. The van der Waals surface area contributed by atoms with Crippen LogP contribution in [0.25, 0.3) is 0 Å². The summed E-state index contributed by atoms with van der Waals surface area (Å²) in [4.78, 5) is 56.4. The van der Waals surface area contributed by atoms with Crippen LogP contribution in [-0.2, 0) is 32.0 Å². The second-order valence-electron chi connectivity index (χ2n) is 11.7. The van der Waals surface area contributed by atoms with Gasteiger partial charge in [-0.25, -0.2) is 0 Å². The monoisotopic (exact) mass is 587 g/mol. The van der Waals surface area contributed by atoms with Crippen molar-refractivity contribution in [1.82, 2.24) is 25.8 Å². The van der Waals surface area contributed by atoms with Crippen LogP contribution >= 0.6 is 0 Å². The zero-order valence-electron chi connectivity index (χ0n) is 25.6. The van der Waals surface area contributed by atoms with Gasteiger partial charge in [0.05, 0.1) is 12.6 Å². The maximum absolute atomic E-state index is 13.7. The molecule has 1 saturated carbocycles. The molecule has 9 nitrogen and oxygen atoms in total. The standard InChI is InChI=1S/C34H45N5O4/c1-24-14-16-26(17-15-24)18-19-38-20-21-39(29(34(38)43)22-27-10-6-4-7-11-27)30(40)23-36-33(42)31(28-12-8-5-9-13-28)37-32(41)25(2)35-3/h4,6-7,10-11,14-17,20-21,25,28-29,31,35H,5,8-9,12-13,18-19,22-23H2,1-3H3,(H,36,42)(H,37,41)/t25-,29-,31-/m0/s1. The number of nitrogens with zero attached hydrogens (tertiary/aromatic N) is 2. The van der Waals surface area contributed by atoms with E-state index in [1.54, 1.807) is 31.3 Å². The molecule has 0 radical (unpaired) electrons. The third-order valence-electron chi connectivity index (χ3n) is 8.57. The summed E-state index contributed by atoms with van der Waals surface area (Å²) >= 11 is 0. The average Bonchev–Trinajstić information content (AvgIpc) is 3.03. The number of likely N-dealkylation sites (N-methyl/N-ethyl adjacent to an activating group) is 1. The molecule has 43 heavy (non-hydrogen) atoms. The molecule has 2 aromatic carbocycles. The summed E-state index contributed by atoms with van der Waals surface area (Å²) in [5.74, 6) is -1.15. The molecule has 1 fully saturated rings. The van der Waals surface area contributed by atoms with Gasteiger partial charge in [-0.2, -0.15) is 0 Å². The van der Waals surface area contributed by atoms with Crippen LogP contribution < -0.4 is 16.0 Å². The molecule has 0 aromatic heterocycles. The van der Waals surface area contributed by atoms with Gasteiger partial charge in [-0.1, -0.05) is 79.4 Å². The third-order valence-corrected chi connectivity index (χ3v) is 8.57. The van der Waals surface area contributed by atoms with Crippen molar-refractivity contribution < 1.29 is 19.2 Å². The van der Waals surface area contributed by atoms with Crippen molar-refractivity contribution in [1.29, 1.82) is 0 Å². The van der Waals surface area contributed by atoms with Gasteiger partial charge in [0, 0.05) is 25.4 Å². The van der Waals surface area contributed by atoms with E-state index < -0.39 is 18.1 Å². The Kier molecular flexibility index (Phi) is 11.5. The van der Waals surface area contributed by atoms with Gasteiger partial charge in [-0.05, 0) is 57.2 Å². The highest BCUT2D eigenvalue weighted by molar-refractivity contribution is 5.94. The Morgan fingerprint density at radius 1 is 0.907 bits per heavy atom. The van der Waals surface area contributed by atoms with Gasteiger partial charge in [0.1, 0.15) is 12.1 Å². The van der Waals surface area contributed by atoms with Gasteiger partial charge >= 0.3 is 0 Å². The van der Waals surface area contributed by atoms with Crippen LogP contribution in [0.15, 0.2) is 67.0 Å². The molecule has 9 heteroatoms. The van der Waals surface area contributed by atoms with Gasteiger partial charge in [0.25, 0.3) is 0 Å². The first-order valence-electron chi connectivity index (χ1n) is 15.4. The Morgan fingerprint density at radius 3 is 2.28 bits per heavy atom. The minimum atomic E-state index is -0.736. The largest absolute Gasteiger partial charge is 0.345 e. The van der Waals surface area contributed by atoms with Gasteiger partial charge in [-0.15, -0.1) is 0 Å². The summed E-state index contributed by atoms with van der Waals surface area (Å²) in [7, 11) is 1.70. The minimum absolute atomic E-state index is 0.0150. The van der Waals surface area contributed by atoms with Crippen LogP contribution in [0.2, 0.25) is 0 Å². The van der Waals surface area contributed by atoms with Crippen molar-refractivity contribution in [3.8, 4) is 0 Å². The normalized spacial score (nSPS) is 18.7. The average molecular weight is 588 g/mol.